The molecule has 4 rings (SSSR count). The predicted octanol–water partition coefficient (Wildman–Crippen LogP) is 3.81. The molecule has 1 aliphatic heterocycles. The van der Waals surface area contributed by atoms with Crippen molar-refractivity contribution in [3.63, 3.8) is 0 Å². The number of benzene rings is 1. The maximum atomic E-state index is 11.5. The molecule has 29 heavy (non-hydrogen) atoms. The van der Waals surface area contributed by atoms with Crippen molar-refractivity contribution in [3.05, 3.63) is 42.7 Å². The summed E-state index contributed by atoms with van der Waals surface area (Å²) in [6.07, 6.45) is 5.00. The van der Waals surface area contributed by atoms with Gasteiger partial charge >= 0.3 is 0 Å². The molecule has 7 heteroatoms. The van der Waals surface area contributed by atoms with Gasteiger partial charge in [-0.15, -0.1) is 0 Å². The highest BCUT2D eigenvalue weighted by Gasteiger charge is 2.18. The molecular weight excluding hydrogens is 364 g/mol. The normalized spacial score (nSPS) is 15.6. The molecule has 3 heterocycles. The predicted molar refractivity (Wildman–Crippen MR) is 117 cm³/mol. The first-order chi connectivity index (χ1) is 14.0. The van der Waals surface area contributed by atoms with E-state index in [1.54, 1.807) is 6.92 Å². The number of carbonyl (C=O) groups is 1. The second-order valence-electron chi connectivity index (χ2n) is 7.62. The van der Waals surface area contributed by atoms with E-state index < -0.39 is 0 Å². The van der Waals surface area contributed by atoms with Crippen LogP contribution in [0.5, 0.6) is 0 Å². The van der Waals surface area contributed by atoms with Crippen LogP contribution in [0.3, 0.4) is 0 Å². The minimum Gasteiger partial charge on any atom is -0.368 e. The van der Waals surface area contributed by atoms with E-state index in [1.165, 1.54) is 5.69 Å². The van der Waals surface area contributed by atoms with Gasteiger partial charge in [-0.2, -0.15) is 4.98 Å². The van der Waals surface area contributed by atoms with Gasteiger partial charge in [0, 0.05) is 68.3 Å². The van der Waals surface area contributed by atoms with Crippen molar-refractivity contribution in [3.8, 4) is 0 Å². The van der Waals surface area contributed by atoms with E-state index in [-0.39, 0.29) is 5.91 Å². The third-order valence-corrected chi connectivity index (χ3v) is 5.73. The minimum atomic E-state index is 0.153. The SMILES string of the molecule is CCC(C)n1ccc2cnc(Nc3ccc(N4CCN(C(C)=O)CC4)cc3)nc21. The van der Waals surface area contributed by atoms with Crippen molar-refractivity contribution >= 4 is 34.3 Å². The number of aromatic nitrogens is 3. The number of anilines is 3. The molecule has 2 aromatic heterocycles. The number of hydrogen-bond acceptors (Lipinski definition) is 5. The van der Waals surface area contributed by atoms with E-state index in [1.807, 2.05) is 23.2 Å². The molecule has 0 aliphatic carbocycles. The van der Waals surface area contributed by atoms with Crippen LogP contribution in [0.2, 0.25) is 0 Å². The van der Waals surface area contributed by atoms with Gasteiger partial charge in [-0.25, -0.2) is 4.98 Å². The Morgan fingerprint density at radius 3 is 2.52 bits per heavy atom. The van der Waals surface area contributed by atoms with Crippen molar-refractivity contribution in [1.29, 1.82) is 0 Å². The van der Waals surface area contributed by atoms with Gasteiger partial charge in [-0.1, -0.05) is 6.92 Å². The van der Waals surface area contributed by atoms with Crippen LogP contribution in [0.1, 0.15) is 33.2 Å². The monoisotopic (exact) mass is 392 g/mol. The van der Waals surface area contributed by atoms with E-state index in [2.05, 4.69) is 58.0 Å². The van der Waals surface area contributed by atoms with Gasteiger partial charge in [0.25, 0.3) is 0 Å². The average molecular weight is 393 g/mol. The van der Waals surface area contributed by atoms with Crippen molar-refractivity contribution in [1.82, 2.24) is 19.4 Å². The van der Waals surface area contributed by atoms with Crippen LogP contribution in [-0.4, -0.2) is 51.5 Å². The van der Waals surface area contributed by atoms with Gasteiger partial charge in [0.1, 0.15) is 5.65 Å². The Kier molecular flexibility index (Phi) is 5.38. The molecule has 1 unspecified atom stereocenters. The quantitative estimate of drug-likeness (QED) is 0.715. The number of nitrogens with zero attached hydrogens (tertiary/aromatic N) is 5. The first-order valence-corrected chi connectivity index (χ1v) is 10.3. The second-order valence-corrected chi connectivity index (χ2v) is 7.62. The number of carbonyl (C=O) groups excluding carboxylic acids is 1. The molecule has 0 radical (unpaired) electrons. The molecule has 0 bridgehead atoms. The van der Waals surface area contributed by atoms with Crippen LogP contribution >= 0.6 is 0 Å². The Morgan fingerprint density at radius 1 is 1.14 bits per heavy atom. The summed E-state index contributed by atoms with van der Waals surface area (Å²) in [5.41, 5.74) is 3.08. The molecule has 1 aliphatic rings. The topological polar surface area (TPSA) is 66.3 Å². The van der Waals surface area contributed by atoms with Crippen LogP contribution in [0.4, 0.5) is 17.3 Å². The molecule has 1 fully saturated rings. The lowest BCUT2D eigenvalue weighted by Gasteiger charge is -2.35. The maximum absolute atomic E-state index is 11.5. The largest absolute Gasteiger partial charge is 0.368 e. The highest BCUT2D eigenvalue weighted by molar-refractivity contribution is 5.77. The molecule has 1 saturated heterocycles. The molecule has 1 aromatic carbocycles. The van der Waals surface area contributed by atoms with Gasteiger partial charge in [0.2, 0.25) is 11.9 Å². The van der Waals surface area contributed by atoms with E-state index in [0.717, 1.165) is 49.3 Å². The summed E-state index contributed by atoms with van der Waals surface area (Å²) in [6, 6.07) is 10.8. The standard InChI is InChI=1S/C22H28N6O/c1-4-16(2)28-10-9-18-15-23-22(25-21(18)28)24-19-5-7-20(8-6-19)27-13-11-26(12-14-27)17(3)29/h5-10,15-16H,4,11-14H2,1-3H3,(H,23,24,25). The minimum absolute atomic E-state index is 0.153. The van der Waals surface area contributed by atoms with Gasteiger partial charge in [-0.3, -0.25) is 4.79 Å². The highest BCUT2D eigenvalue weighted by atomic mass is 16.2. The van der Waals surface area contributed by atoms with Crippen LogP contribution in [-0.2, 0) is 4.79 Å². The Morgan fingerprint density at radius 2 is 1.86 bits per heavy atom. The van der Waals surface area contributed by atoms with Crippen LogP contribution < -0.4 is 10.2 Å². The highest BCUT2D eigenvalue weighted by Crippen LogP contribution is 2.24. The third kappa shape index (κ3) is 4.04. The molecule has 7 nitrogen and oxygen atoms in total. The number of fused-ring (bicyclic) bond motifs is 1. The first-order valence-electron chi connectivity index (χ1n) is 10.3. The fraction of sp³-hybridized carbons (Fsp3) is 0.409. The van der Waals surface area contributed by atoms with E-state index in [0.29, 0.717) is 12.0 Å². The van der Waals surface area contributed by atoms with Gasteiger partial charge in [0.05, 0.1) is 0 Å². The number of nitrogens with one attached hydrogen (secondary N) is 1. The number of piperazine rings is 1. The van der Waals surface area contributed by atoms with Crippen LogP contribution in [0.25, 0.3) is 11.0 Å². The second kappa shape index (κ2) is 8.11. The molecule has 1 amide bonds. The van der Waals surface area contributed by atoms with Crippen molar-refractivity contribution < 1.29 is 4.79 Å². The first kappa shape index (κ1) is 19.2. The Labute approximate surface area is 171 Å². The Balaban J connectivity index is 1.46. The zero-order valence-electron chi connectivity index (χ0n) is 17.3. The third-order valence-electron chi connectivity index (χ3n) is 5.73. The van der Waals surface area contributed by atoms with Gasteiger partial charge in [0.15, 0.2) is 0 Å². The Hall–Kier alpha value is -3.09. The molecular formula is C22H28N6O. The maximum Gasteiger partial charge on any atom is 0.229 e. The zero-order chi connectivity index (χ0) is 20.4. The van der Waals surface area contributed by atoms with Crippen molar-refractivity contribution in [2.45, 2.75) is 33.2 Å². The lowest BCUT2D eigenvalue weighted by molar-refractivity contribution is -0.129. The summed E-state index contributed by atoms with van der Waals surface area (Å²) in [5, 5.41) is 4.37. The van der Waals surface area contributed by atoms with Crippen LogP contribution in [0, 0.1) is 0 Å². The summed E-state index contributed by atoms with van der Waals surface area (Å²) in [6.45, 7) is 9.28. The summed E-state index contributed by atoms with van der Waals surface area (Å²) >= 11 is 0. The average Bonchev–Trinajstić information content (AvgIpc) is 3.17. The zero-order valence-corrected chi connectivity index (χ0v) is 17.3. The smallest absolute Gasteiger partial charge is 0.229 e. The number of rotatable bonds is 5. The summed E-state index contributed by atoms with van der Waals surface area (Å²) in [7, 11) is 0. The Bertz CT molecular complexity index is 988. The fourth-order valence-electron chi connectivity index (χ4n) is 3.71. The molecule has 3 aromatic rings. The van der Waals surface area contributed by atoms with Crippen molar-refractivity contribution in [2.75, 3.05) is 36.4 Å². The molecule has 1 N–H and O–H groups in total. The van der Waals surface area contributed by atoms with E-state index in [4.69, 9.17) is 4.98 Å². The summed E-state index contributed by atoms with van der Waals surface area (Å²) < 4.78 is 2.20. The number of hydrogen-bond donors (Lipinski definition) is 1. The molecule has 0 saturated carbocycles. The number of amides is 1. The molecule has 1 atom stereocenters. The van der Waals surface area contributed by atoms with E-state index in [9.17, 15) is 4.79 Å². The molecule has 152 valence electrons. The lowest BCUT2D eigenvalue weighted by atomic mass is 10.2. The van der Waals surface area contributed by atoms with Crippen molar-refractivity contribution in [2.24, 2.45) is 0 Å². The van der Waals surface area contributed by atoms with Crippen LogP contribution in [0.15, 0.2) is 42.7 Å². The van der Waals surface area contributed by atoms with Gasteiger partial charge < -0.3 is 19.7 Å². The summed E-state index contributed by atoms with van der Waals surface area (Å²) in [4.78, 5) is 24.9. The van der Waals surface area contributed by atoms with E-state index >= 15 is 0 Å². The summed E-state index contributed by atoms with van der Waals surface area (Å²) in [5.74, 6) is 0.754. The van der Waals surface area contributed by atoms with Gasteiger partial charge in [-0.05, 0) is 43.7 Å². The fourth-order valence-corrected chi connectivity index (χ4v) is 3.71. The molecule has 0 spiro atoms. The lowest BCUT2D eigenvalue weighted by Crippen LogP contribution is -2.48.